The summed E-state index contributed by atoms with van der Waals surface area (Å²) in [4.78, 5) is 23.2. The molecule has 5 nitrogen and oxygen atoms in total. The van der Waals surface area contributed by atoms with Crippen molar-refractivity contribution in [1.29, 1.82) is 0 Å². The minimum atomic E-state index is -1.00. The second-order valence-electron chi connectivity index (χ2n) is 4.61. The monoisotopic (exact) mass is 310 g/mol. The van der Waals surface area contributed by atoms with Crippen molar-refractivity contribution >= 4 is 39.8 Å². The van der Waals surface area contributed by atoms with Gasteiger partial charge in [-0.2, -0.15) is 0 Å². The number of amides is 1. The molecule has 2 N–H and O–H groups in total. The number of carboxylic acid groups (broad SMARTS) is 1. The first-order valence-corrected chi connectivity index (χ1v) is 7.26. The van der Waals surface area contributed by atoms with Gasteiger partial charge in [0.05, 0.1) is 10.0 Å². The van der Waals surface area contributed by atoms with Gasteiger partial charge in [0.25, 0.3) is 5.91 Å². The third kappa shape index (κ3) is 2.57. The number of thiophene rings is 1. The van der Waals surface area contributed by atoms with E-state index in [9.17, 15) is 9.59 Å². The number of carbonyl (C=O) groups excluding carboxylic acids is 1. The number of aromatic nitrogens is 1. The van der Waals surface area contributed by atoms with Crippen LogP contribution in [0.15, 0.2) is 24.4 Å². The molecule has 2 heterocycles. The van der Waals surface area contributed by atoms with Crippen LogP contribution in [0.4, 0.5) is 5.00 Å². The highest BCUT2D eigenvalue weighted by atomic mass is 35.5. The van der Waals surface area contributed by atoms with E-state index in [2.05, 4.69) is 5.32 Å². The van der Waals surface area contributed by atoms with Crippen molar-refractivity contribution in [1.82, 2.24) is 4.57 Å². The third-order valence-electron chi connectivity index (χ3n) is 3.04. The molecule has 0 unspecified atom stereocenters. The molecule has 2 aromatic rings. The summed E-state index contributed by atoms with van der Waals surface area (Å²) in [6, 6.07) is 5.02. The lowest BCUT2D eigenvalue weighted by Crippen LogP contribution is -2.15. The number of anilines is 1. The number of nitrogens with one attached hydrogen (secondary N) is 1. The van der Waals surface area contributed by atoms with Crippen LogP contribution in [-0.4, -0.2) is 21.6 Å². The standard InChI is InChI=1S/C13H11ClN2O3S/c14-7-5-9(16(6-7)8-1-2-8)12(17)15-11-4-3-10(20-11)13(18)19/h3-6,8H,1-2H2,(H,15,17)(H,18,19). The second-order valence-corrected chi connectivity index (χ2v) is 6.13. The molecule has 104 valence electrons. The lowest BCUT2D eigenvalue weighted by molar-refractivity contribution is 0.0702. The minimum absolute atomic E-state index is 0.191. The number of hydrogen-bond acceptors (Lipinski definition) is 3. The predicted octanol–water partition coefficient (Wildman–Crippen LogP) is 3.49. The summed E-state index contributed by atoms with van der Waals surface area (Å²) in [6.07, 6.45) is 3.85. The van der Waals surface area contributed by atoms with Crippen molar-refractivity contribution in [2.45, 2.75) is 18.9 Å². The van der Waals surface area contributed by atoms with Crippen molar-refractivity contribution in [3.8, 4) is 0 Å². The Balaban J connectivity index is 1.80. The van der Waals surface area contributed by atoms with E-state index in [1.54, 1.807) is 18.3 Å². The van der Waals surface area contributed by atoms with E-state index in [1.807, 2.05) is 4.57 Å². The summed E-state index contributed by atoms with van der Waals surface area (Å²) >= 11 is 6.98. The fourth-order valence-electron chi connectivity index (χ4n) is 1.98. The summed E-state index contributed by atoms with van der Waals surface area (Å²) in [6.45, 7) is 0. The Morgan fingerprint density at radius 3 is 2.75 bits per heavy atom. The van der Waals surface area contributed by atoms with Crippen LogP contribution < -0.4 is 5.32 Å². The molecule has 1 fully saturated rings. The Labute approximate surface area is 123 Å². The van der Waals surface area contributed by atoms with Crippen molar-refractivity contribution in [2.24, 2.45) is 0 Å². The van der Waals surface area contributed by atoms with Crippen LogP contribution in [0.25, 0.3) is 0 Å². The van der Waals surface area contributed by atoms with Gasteiger partial charge in [0.15, 0.2) is 0 Å². The van der Waals surface area contributed by atoms with E-state index in [4.69, 9.17) is 16.7 Å². The smallest absolute Gasteiger partial charge is 0.345 e. The lowest BCUT2D eigenvalue weighted by Gasteiger charge is -2.06. The van der Waals surface area contributed by atoms with Crippen LogP contribution in [0.2, 0.25) is 5.02 Å². The molecule has 1 aliphatic carbocycles. The Kier molecular flexibility index (Phi) is 3.27. The van der Waals surface area contributed by atoms with Gasteiger partial charge in [-0.15, -0.1) is 11.3 Å². The summed E-state index contributed by atoms with van der Waals surface area (Å²) in [5.74, 6) is -1.28. The normalized spacial score (nSPS) is 14.2. The maximum absolute atomic E-state index is 12.2. The van der Waals surface area contributed by atoms with Crippen molar-refractivity contribution in [2.75, 3.05) is 5.32 Å². The van der Waals surface area contributed by atoms with Crippen LogP contribution in [0.1, 0.15) is 39.0 Å². The molecule has 0 bridgehead atoms. The van der Waals surface area contributed by atoms with E-state index in [0.717, 1.165) is 24.2 Å². The van der Waals surface area contributed by atoms with E-state index in [-0.39, 0.29) is 10.8 Å². The number of aromatic carboxylic acids is 1. The van der Waals surface area contributed by atoms with Gasteiger partial charge in [-0.05, 0) is 31.0 Å². The quantitative estimate of drug-likeness (QED) is 0.908. The first kappa shape index (κ1) is 13.2. The molecule has 20 heavy (non-hydrogen) atoms. The number of rotatable bonds is 4. The average Bonchev–Trinajstić information content (AvgIpc) is 3.00. The van der Waals surface area contributed by atoms with Crippen LogP contribution in [0.5, 0.6) is 0 Å². The highest BCUT2D eigenvalue weighted by Gasteiger charge is 2.28. The molecule has 7 heteroatoms. The molecular formula is C13H11ClN2O3S. The average molecular weight is 311 g/mol. The van der Waals surface area contributed by atoms with Gasteiger partial charge in [0.2, 0.25) is 0 Å². The first-order chi connectivity index (χ1) is 9.54. The van der Waals surface area contributed by atoms with Gasteiger partial charge in [0.1, 0.15) is 10.6 Å². The van der Waals surface area contributed by atoms with E-state index < -0.39 is 5.97 Å². The second kappa shape index (κ2) is 4.96. The van der Waals surface area contributed by atoms with Crippen molar-refractivity contribution < 1.29 is 14.7 Å². The zero-order chi connectivity index (χ0) is 14.3. The minimum Gasteiger partial charge on any atom is -0.477 e. The molecule has 0 aromatic carbocycles. The molecule has 1 aliphatic rings. The molecule has 0 atom stereocenters. The van der Waals surface area contributed by atoms with E-state index in [1.165, 1.54) is 6.07 Å². The molecule has 0 radical (unpaired) electrons. The van der Waals surface area contributed by atoms with Gasteiger partial charge in [0, 0.05) is 12.2 Å². The van der Waals surface area contributed by atoms with Crippen LogP contribution >= 0.6 is 22.9 Å². The first-order valence-electron chi connectivity index (χ1n) is 6.06. The van der Waals surface area contributed by atoms with E-state index in [0.29, 0.717) is 21.8 Å². The Morgan fingerprint density at radius 2 is 2.15 bits per heavy atom. The van der Waals surface area contributed by atoms with Crippen LogP contribution in [0, 0.1) is 0 Å². The van der Waals surface area contributed by atoms with Crippen molar-refractivity contribution in [3.05, 3.63) is 40.0 Å². The topological polar surface area (TPSA) is 71.3 Å². The highest BCUT2D eigenvalue weighted by molar-refractivity contribution is 7.18. The molecular weight excluding hydrogens is 300 g/mol. The molecule has 0 saturated heterocycles. The zero-order valence-electron chi connectivity index (χ0n) is 10.3. The molecule has 2 aromatic heterocycles. The fourth-order valence-corrected chi connectivity index (χ4v) is 2.93. The maximum Gasteiger partial charge on any atom is 0.345 e. The van der Waals surface area contributed by atoms with Gasteiger partial charge in [-0.25, -0.2) is 4.79 Å². The van der Waals surface area contributed by atoms with Crippen LogP contribution in [0.3, 0.4) is 0 Å². The number of halogens is 1. The number of nitrogens with zero attached hydrogens (tertiary/aromatic N) is 1. The molecule has 0 spiro atoms. The molecule has 1 amide bonds. The molecule has 1 saturated carbocycles. The summed E-state index contributed by atoms with van der Waals surface area (Å²) in [5, 5.41) is 12.6. The lowest BCUT2D eigenvalue weighted by atomic mass is 10.4. The Bertz CT molecular complexity index is 688. The number of hydrogen-bond donors (Lipinski definition) is 2. The van der Waals surface area contributed by atoms with Gasteiger partial charge in [-0.3, -0.25) is 4.79 Å². The summed E-state index contributed by atoms with van der Waals surface area (Å²) < 4.78 is 1.88. The summed E-state index contributed by atoms with van der Waals surface area (Å²) in [5.41, 5.74) is 0.503. The third-order valence-corrected chi connectivity index (χ3v) is 4.24. The van der Waals surface area contributed by atoms with Crippen LogP contribution in [-0.2, 0) is 0 Å². The zero-order valence-corrected chi connectivity index (χ0v) is 11.9. The fraction of sp³-hybridized carbons (Fsp3) is 0.231. The molecule has 0 aliphatic heterocycles. The molecule has 3 rings (SSSR count). The van der Waals surface area contributed by atoms with E-state index >= 15 is 0 Å². The van der Waals surface area contributed by atoms with Crippen molar-refractivity contribution in [3.63, 3.8) is 0 Å². The SMILES string of the molecule is O=C(O)c1ccc(NC(=O)c2cc(Cl)cn2C2CC2)s1. The summed E-state index contributed by atoms with van der Waals surface area (Å²) in [7, 11) is 0. The largest absolute Gasteiger partial charge is 0.477 e. The maximum atomic E-state index is 12.2. The van der Waals surface area contributed by atoms with Gasteiger partial charge in [-0.1, -0.05) is 11.6 Å². The highest BCUT2D eigenvalue weighted by Crippen LogP contribution is 2.37. The number of carboxylic acids is 1. The number of carbonyl (C=O) groups is 2. The predicted molar refractivity (Wildman–Crippen MR) is 76.9 cm³/mol. The van der Waals surface area contributed by atoms with Gasteiger partial charge < -0.3 is 15.0 Å². The Morgan fingerprint density at radius 1 is 1.40 bits per heavy atom. The van der Waals surface area contributed by atoms with Gasteiger partial charge >= 0.3 is 5.97 Å². The Hall–Kier alpha value is -1.79.